The van der Waals surface area contributed by atoms with E-state index in [4.69, 9.17) is 0 Å². The summed E-state index contributed by atoms with van der Waals surface area (Å²) in [6, 6.07) is 0. The summed E-state index contributed by atoms with van der Waals surface area (Å²) in [6.45, 7) is 3.56. The van der Waals surface area contributed by atoms with Crippen LogP contribution in [0.4, 0.5) is 0 Å². The summed E-state index contributed by atoms with van der Waals surface area (Å²) in [6.07, 6.45) is 2.15. The summed E-state index contributed by atoms with van der Waals surface area (Å²) in [5.74, 6) is 0.393. The highest BCUT2D eigenvalue weighted by Crippen LogP contribution is 2.09. The maximum atomic E-state index is 11.6. The van der Waals surface area contributed by atoms with Gasteiger partial charge in [-0.1, -0.05) is 0 Å². The van der Waals surface area contributed by atoms with Crippen LogP contribution in [-0.2, 0) is 4.79 Å². The van der Waals surface area contributed by atoms with Crippen molar-refractivity contribution in [1.29, 1.82) is 0 Å². The molecule has 1 fully saturated rings. The quantitative estimate of drug-likeness (QED) is 0.783. The van der Waals surface area contributed by atoms with Gasteiger partial charge in [-0.15, -0.1) is 24.8 Å². The SMILES string of the molecule is CN(C)CCNC(=O)C1CCCNC1.Cl.Cl. The van der Waals surface area contributed by atoms with Gasteiger partial charge in [-0.25, -0.2) is 0 Å². The van der Waals surface area contributed by atoms with Crippen molar-refractivity contribution in [3.8, 4) is 0 Å². The zero-order valence-corrected chi connectivity index (χ0v) is 11.6. The van der Waals surface area contributed by atoms with Crippen LogP contribution in [0.25, 0.3) is 0 Å². The van der Waals surface area contributed by atoms with E-state index in [0.29, 0.717) is 0 Å². The summed E-state index contributed by atoms with van der Waals surface area (Å²) < 4.78 is 0. The Morgan fingerprint density at radius 1 is 1.44 bits per heavy atom. The standard InChI is InChI=1S/C10H21N3O.2ClH/c1-13(2)7-6-12-10(14)9-4-3-5-11-8-9;;/h9,11H,3-8H2,1-2H3,(H,12,14);2*1H. The fraction of sp³-hybridized carbons (Fsp3) is 0.900. The molecule has 6 heteroatoms. The molecule has 1 aliphatic heterocycles. The minimum atomic E-state index is 0. The van der Waals surface area contributed by atoms with Crippen molar-refractivity contribution in [3.05, 3.63) is 0 Å². The molecule has 0 aliphatic carbocycles. The van der Waals surface area contributed by atoms with Crippen molar-refractivity contribution in [2.24, 2.45) is 5.92 Å². The molecular formula is C10H23Cl2N3O. The molecule has 16 heavy (non-hydrogen) atoms. The van der Waals surface area contributed by atoms with E-state index in [1.165, 1.54) is 0 Å². The molecule has 0 saturated carbocycles. The molecule has 4 nitrogen and oxygen atoms in total. The Bertz CT molecular complexity index is 185. The van der Waals surface area contributed by atoms with Gasteiger partial charge >= 0.3 is 0 Å². The van der Waals surface area contributed by atoms with E-state index in [-0.39, 0.29) is 36.6 Å². The van der Waals surface area contributed by atoms with E-state index in [9.17, 15) is 4.79 Å². The summed E-state index contributed by atoms with van der Waals surface area (Å²) in [7, 11) is 4.02. The normalized spacial score (nSPS) is 19.6. The van der Waals surface area contributed by atoms with Crippen LogP contribution < -0.4 is 10.6 Å². The maximum absolute atomic E-state index is 11.6. The smallest absolute Gasteiger partial charge is 0.224 e. The van der Waals surface area contributed by atoms with E-state index in [1.54, 1.807) is 0 Å². The summed E-state index contributed by atoms with van der Waals surface area (Å²) in [4.78, 5) is 13.7. The van der Waals surface area contributed by atoms with E-state index < -0.39 is 0 Å². The van der Waals surface area contributed by atoms with Gasteiger partial charge in [-0.05, 0) is 33.5 Å². The van der Waals surface area contributed by atoms with Gasteiger partial charge in [-0.2, -0.15) is 0 Å². The Hall–Kier alpha value is -0.0300. The lowest BCUT2D eigenvalue weighted by Gasteiger charge is -2.22. The van der Waals surface area contributed by atoms with Crippen LogP contribution in [0.15, 0.2) is 0 Å². The van der Waals surface area contributed by atoms with Crippen molar-refractivity contribution in [2.45, 2.75) is 12.8 Å². The number of hydrogen-bond donors (Lipinski definition) is 2. The van der Waals surface area contributed by atoms with Crippen LogP contribution >= 0.6 is 24.8 Å². The van der Waals surface area contributed by atoms with Gasteiger partial charge in [0.15, 0.2) is 0 Å². The molecule has 0 aromatic carbocycles. The molecule has 2 N–H and O–H groups in total. The van der Waals surface area contributed by atoms with Gasteiger partial charge in [0.1, 0.15) is 0 Å². The number of rotatable bonds is 4. The number of carbonyl (C=O) groups is 1. The highest BCUT2D eigenvalue weighted by molar-refractivity contribution is 5.85. The summed E-state index contributed by atoms with van der Waals surface area (Å²) in [5.41, 5.74) is 0. The van der Waals surface area contributed by atoms with Gasteiger partial charge in [0.25, 0.3) is 0 Å². The molecule has 98 valence electrons. The predicted octanol–water partition coefficient (Wildman–Crippen LogP) is 0.507. The van der Waals surface area contributed by atoms with Crippen molar-refractivity contribution in [1.82, 2.24) is 15.5 Å². The van der Waals surface area contributed by atoms with Gasteiger partial charge in [0, 0.05) is 19.6 Å². The molecule has 0 aromatic heterocycles. The molecule has 1 unspecified atom stereocenters. The third-order valence-corrected chi connectivity index (χ3v) is 2.53. The molecule has 0 radical (unpaired) electrons. The second kappa shape index (κ2) is 10.1. The molecule has 1 saturated heterocycles. The molecular weight excluding hydrogens is 249 g/mol. The minimum Gasteiger partial charge on any atom is -0.355 e. The van der Waals surface area contributed by atoms with Crippen LogP contribution in [0, 0.1) is 5.92 Å². The lowest BCUT2D eigenvalue weighted by Crippen LogP contribution is -2.42. The monoisotopic (exact) mass is 271 g/mol. The number of likely N-dealkylation sites (N-methyl/N-ethyl adjacent to an activating group) is 1. The lowest BCUT2D eigenvalue weighted by atomic mass is 9.99. The zero-order valence-electron chi connectivity index (χ0n) is 9.99. The molecule has 1 heterocycles. The molecule has 1 rings (SSSR count). The first-order chi connectivity index (χ1) is 6.70. The first kappa shape index (κ1) is 18.3. The molecule has 0 spiro atoms. The van der Waals surface area contributed by atoms with E-state index in [2.05, 4.69) is 15.5 Å². The van der Waals surface area contributed by atoms with Gasteiger partial charge < -0.3 is 15.5 Å². The average Bonchev–Trinajstić information content (AvgIpc) is 2.18. The largest absolute Gasteiger partial charge is 0.355 e. The minimum absolute atomic E-state index is 0. The molecule has 1 atom stereocenters. The molecule has 0 bridgehead atoms. The molecule has 0 aromatic rings. The summed E-state index contributed by atoms with van der Waals surface area (Å²) >= 11 is 0. The Morgan fingerprint density at radius 3 is 2.62 bits per heavy atom. The Balaban J connectivity index is 0. The van der Waals surface area contributed by atoms with Crippen LogP contribution in [-0.4, -0.2) is 51.1 Å². The van der Waals surface area contributed by atoms with E-state index >= 15 is 0 Å². The highest BCUT2D eigenvalue weighted by atomic mass is 35.5. The number of amides is 1. The number of piperidine rings is 1. The van der Waals surface area contributed by atoms with Crippen molar-refractivity contribution in [3.63, 3.8) is 0 Å². The van der Waals surface area contributed by atoms with E-state index in [1.807, 2.05) is 14.1 Å². The van der Waals surface area contributed by atoms with Gasteiger partial charge in [-0.3, -0.25) is 4.79 Å². The fourth-order valence-corrected chi connectivity index (χ4v) is 1.62. The number of halogens is 2. The van der Waals surface area contributed by atoms with Crippen LogP contribution in [0.5, 0.6) is 0 Å². The first-order valence-corrected chi connectivity index (χ1v) is 5.33. The first-order valence-electron chi connectivity index (χ1n) is 5.33. The number of nitrogens with one attached hydrogen (secondary N) is 2. The van der Waals surface area contributed by atoms with Crippen molar-refractivity contribution in [2.75, 3.05) is 40.3 Å². The van der Waals surface area contributed by atoms with Gasteiger partial charge in [0.05, 0.1) is 5.92 Å². The molecule has 1 amide bonds. The average molecular weight is 272 g/mol. The van der Waals surface area contributed by atoms with Crippen LogP contribution in [0.1, 0.15) is 12.8 Å². The second-order valence-corrected chi connectivity index (χ2v) is 4.14. The number of nitrogens with zero attached hydrogens (tertiary/aromatic N) is 1. The highest BCUT2D eigenvalue weighted by Gasteiger charge is 2.19. The number of carbonyl (C=O) groups excluding carboxylic acids is 1. The zero-order chi connectivity index (χ0) is 10.4. The van der Waals surface area contributed by atoms with Gasteiger partial charge in [0.2, 0.25) is 5.91 Å². The topological polar surface area (TPSA) is 44.4 Å². The van der Waals surface area contributed by atoms with Crippen molar-refractivity contribution < 1.29 is 4.79 Å². The van der Waals surface area contributed by atoms with E-state index in [0.717, 1.165) is 39.0 Å². The Labute approximate surface area is 110 Å². The third-order valence-electron chi connectivity index (χ3n) is 2.53. The molecule has 1 aliphatic rings. The predicted molar refractivity (Wildman–Crippen MR) is 71.7 cm³/mol. The van der Waals surface area contributed by atoms with Crippen LogP contribution in [0.3, 0.4) is 0 Å². The van der Waals surface area contributed by atoms with Crippen molar-refractivity contribution >= 4 is 30.7 Å². The maximum Gasteiger partial charge on any atom is 0.224 e. The second-order valence-electron chi connectivity index (χ2n) is 4.14. The Morgan fingerprint density at radius 2 is 2.12 bits per heavy atom. The number of hydrogen-bond acceptors (Lipinski definition) is 3. The lowest BCUT2D eigenvalue weighted by molar-refractivity contribution is -0.125. The Kier molecular flexibility index (Phi) is 11.6. The van der Waals surface area contributed by atoms with Crippen LogP contribution in [0.2, 0.25) is 0 Å². The summed E-state index contributed by atoms with van der Waals surface area (Å²) in [5, 5.41) is 6.21. The third kappa shape index (κ3) is 7.28. The fourth-order valence-electron chi connectivity index (χ4n) is 1.62.